The summed E-state index contributed by atoms with van der Waals surface area (Å²) in [7, 11) is 3.05. The van der Waals surface area contributed by atoms with E-state index in [0.717, 1.165) is 0 Å². The van der Waals surface area contributed by atoms with Crippen LogP contribution in [-0.4, -0.2) is 85.8 Å². The molecule has 282 valence electrons. The number of pyridine rings is 1. The van der Waals surface area contributed by atoms with Crippen LogP contribution in [0.4, 0.5) is 13.6 Å². The molecule has 0 radical (unpaired) electrons. The molecule has 17 heteroatoms. The number of carbonyl (C=O) groups is 3. The maximum absolute atomic E-state index is 13.6. The van der Waals surface area contributed by atoms with Crippen LogP contribution in [0.1, 0.15) is 51.4 Å². The molecule has 0 bridgehead atoms. The zero-order valence-electron chi connectivity index (χ0n) is 30.0. The molecule has 3 amide bonds. The van der Waals surface area contributed by atoms with Crippen molar-refractivity contribution in [1.29, 1.82) is 0 Å². The Morgan fingerprint density at radius 1 is 1.13 bits per heavy atom. The summed E-state index contributed by atoms with van der Waals surface area (Å²) in [6, 6.07) is 9.75. The van der Waals surface area contributed by atoms with Gasteiger partial charge in [-0.05, 0) is 45.4 Å². The summed E-state index contributed by atoms with van der Waals surface area (Å²) in [5, 5.41) is 13.1. The topological polar surface area (TPSA) is 161 Å². The quantitative estimate of drug-likeness (QED) is 0.205. The highest BCUT2D eigenvalue weighted by Crippen LogP contribution is 2.37. The van der Waals surface area contributed by atoms with Gasteiger partial charge < -0.3 is 30.3 Å². The summed E-state index contributed by atoms with van der Waals surface area (Å²) in [6.45, 7) is 5.91. The highest BCUT2D eigenvalue weighted by Gasteiger charge is 2.47. The van der Waals surface area contributed by atoms with E-state index in [2.05, 4.69) is 21.0 Å². The number of fused-ring (bicyclic) bond motifs is 1. The molecule has 1 aromatic carbocycles. The van der Waals surface area contributed by atoms with Crippen LogP contribution in [0, 0.1) is 0 Å². The minimum atomic E-state index is -3.40. The van der Waals surface area contributed by atoms with Gasteiger partial charge in [0, 0.05) is 73.5 Å². The number of nitrogens with one attached hydrogen (secondary N) is 3. The van der Waals surface area contributed by atoms with Crippen molar-refractivity contribution in [3.63, 3.8) is 0 Å². The smallest absolute Gasteiger partial charge is 0.410 e. The molecule has 4 aromatic rings. The third-order valence-electron chi connectivity index (χ3n) is 9.04. The van der Waals surface area contributed by atoms with Crippen molar-refractivity contribution in [2.24, 2.45) is 7.05 Å². The van der Waals surface area contributed by atoms with Gasteiger partial charge in [0.05, 0.1) is 30.9 Å². The van der Waals surface area contributed by atoms with Crippen molar-refractivity contribution in [1.82, 2.24) is 40.0 Å². The van der Waals surface area contributed by atoms with Crippen molar-refractivity contribution in [2.75, 3.05) is 20.2 Å². The average Bonchev–Trinajstić information content (AvgIpc) is 3.78. The molecule has 2 fully saturated rings. The van der Waals surface area contributed by atoms with Crippen LogP contribution < -0.4 is 26.2 Å². The summed E-state index contributed by atoms with van der Waals surface area (Å²) in [5.74, 6) is -4.11. The van der Waals surface area contributed by atoms with Gasteiger partial charge in [-0.25, -0.2) is 14.3 Å². The number of benzene rings is 1. The summed E-state index contributed by atoms with van der Waals surface area (Å²) >= 11 is 7.01. The van der Waals surface area contributed by atoms with Crippen molar-refractivity contribution in [3.8, 4) is 28.3 Å². The Balaban J connectivity index is 1.23. The fourth-order valence-electron chi connectivity index (χ4n) is 6.39. The molecule has 2 atom stereocenters. The minimum absolute atomic E-state index is 0.0575. The molecule has 6 rings (SSSR count). The van der Waals surface area contributed by atoms with E-state index in [4.69, 9.17) is 26.1 Å². The molecule has 3 N–H and O–H groups in total. The molecule has 0 saturated carbocycles. The number of ether oxygens (including phenoxy) is 2. The molecule has 2 aliphatic rings. The number of methoxy groups -OCH3 is 1. The number of halogens is 3. The first-order chi connectivity index (χ1) is 25.0. The van der Waals surface area contributed by atoms with E-state index in [0.29, 0.717) is 57.2 Å². The molecular weight excluding hydrogens is 714 g/mol. The monoisotopic (exact) mass is 754 g/mol. The average molecular weight is 755 g/mol. The maximum atomic E-state index is 13.6. The van der Waals surface area contributed by atoms with Crippen molar-refractivity contribution >= 4 is 35.0 Å². The first-order valence-electron chi connectivity index (χ1n) is 17.1. The second-order valence-electron chi connectivity index (χ2n) is 14.2. The number of alkyl halides is 2. The van der Waals surface area contributed by atoms with Gasteiger partial charge in [0.25, 0.3) is 11.5 Å². The van der Waals surface area contributed by atoms with Crippen molar-refractivity contribution in [3.05, 3.63) is 69.4 Å². The van der Waals surface area contributed by atoms with E-state index in [1.807, 2.05) is 18.2 Å². The molecule has 1 unspecified atom stereocenters. The second kappa shape index (κ2) is 14.7. The first-order valence-corrected chi connectivity index (χ1v) is 17.5. The third kappa shape index (κ3) is 8.28. The Hall–Kier alpha value is -5.09. The van der Waals surface area contributed by atoms with Crippen LogP contribution in [0.15, 0.2) is 47.4 Å². The van der Waals surface area contributed by atoms with Gasteiger partial charge in [-0.15, -0.1) is 0 Å². The predicted molar refractivity (Wildman–Crippen MR) is 192 cm³/mol. The number of carbonyl (C=O) groups excluding carboxylic acids is 3. The van der Waals surface area contributed by atoms with Crippen molar-refractivity contribution in [2.45, 2.75) is 76.7 Å². The fraction of sp³-hybridized carbons (Fsp3) is 0.444. The highest BCUT2D eigenvalue weighted by atomic mass is 35.5. The van der Waals surface area contributed by atoms with Crippen LogP contribution in [-0.2, 0) is 34.5 Å². The number of rotatable bonds is 11. The van der Waals surface area contributed by atoms with Gasteiger partial charge in [0.2, 0.25) is 11.8 Å². The fourth-order valence-corrected chi connectivity index (χ4v) is 6.72. The number of hydrogen-bond donors (Lipinski definition) is 3. The zero-order valence-corrected chi connectivity index (χ0v) is 30.7. The number of hydrogen-bond acceptors (Lipinski definition) is 9. The Bertz CT molecular complexity index is 2130. The molecule has 0 aliphatic carbocycles. The van der Waals surface area contributed by atoms with Gasteiger partial charge in [0.15, 0.2) is 0 Å². The lowest BCUT2D eigenvalue weighted by molar-refractivity contribution is -0.139. The van der Waals surface area contributed by atoms with Gasteiger partial charge in [0.1, 0.15) is 16.9 Å². The number of aromatic nitrogens is 4. The summed E-state index contributed by atoms with van der Waals surface area (Å²) in [6.07, 6.45) is 1.55. The highest BCUT2D eigenvalue weighted by molar-refractivity contribution is 6.36. The van der Waals surface area contributed by atoms with E-state index in [1.54, 1.807) is 52.2 Å². The Morgan fingerprint density at radius 3 is 2.55 bits per heavy atom. The molecule has 14 nitrogen and oxygen atoms in total. The lowest BCUT2D eigenvalue weighted by atomic mass is 10.0. The van der Waals surface area contributed by atoms with E-state index < -0.39 is 36.0 Å². The van der Waals surface area contributed by atoms with Gasteiger partial charge in [-0.1, -0.05) is 29.8 Å². The summed E-state index contributed by atoms with van der Waals surface area (Å²) in [5.41, 5.74) is 2.21. The Morgan fingerprint density at radius 2 is 1.89 bits per heavy atom. The Labute approximate surface area is 308 Å². The number of amides is 3. The van der Waals surface area contributed by atoms with Crippen molar-refractivity contribution < 1.29 is 32.6 Å². The summed E-state index contributed by atoms with van der Waals surface area (Å²) < 4.78 is 41.4. The van der Waals surface area contributed by atoms with Crippen LogP contribution >= 0.6 is 11.6 Å². The number of nitrogens with zero attached hydrogens (tertiary/aromatic N) is 5. The SMILES string of the molecule is COc1nc(-c2cccc(-c3cc4c(=O)n(C)c(CNCC5CC(F)(F)C(=O)N5)nn4c3)c2Cl)ccc1CN(C[C@@H]1CCC(=O)N1)C(=O)OC(C)(C)C. The molecule has 3 aromatic heterocycles. The molecule has 2 aliphatic heterocycles. The molecule has 5 heterocycles. The Kier molecular flexibility index (Phi) is 10.5. The van der Waals surface area contributed by atoms with Crippen LogP contribution in [0.2, 0.25) is 5.02 Å². The van der Waals surface area contributed by atoms with E-state index in [9.17, 15) is 28.0 Å². The minimum Gasteiger partial charge on any atom is -0.481 e. The van der Waals surface area contributed by atoms with Crippen LogP contribution in [0.5, 0.6) is 5.88 Å². The van der Waals surface area contributed by atoms with Gasteiger partial charge in [-0.3, -0.25) is 19.0 Å². The molecule has 2 saturated heterocycles. The summed E-state index contributed by atoms with van der Waals surface area (Å²) in [4.78, 5) is 56.1. The first kappa shape index (κ1) is 37.7. The van der Waals surface area contributed by atoms with E-state index >= 15 is 0 Å². The van der Waals surface area contributed by atoms with Gasteiger partial charge >= 0.3 is 12.0 Å². The maximum Gasteiger partial charge on any atom is 0.410 e. The van der Waals surface area contributed by atoms with Crippen LogP contribution in [0.3, 0.4) is 0 Å². The molecule has 0 spiro atoms. The predicted octanol–water partition coefficient (Wildman–Crippen LogP) is 4.05. The standard InChI is InChI=1S/C36H41ClF2N8O6/c1-35(2,3)53-34(51)46(19-22-10-12-29(48)41-22)17-20-9-11-26(43-31(20)52-5)25-8-6-7-24(30(25)37)21-13-27-32(49)45(4)28(44-47(27)18-21)16-40-15-23-14-36(38,39)33(50)42-23/h6-9,11,13,18,22-23,40H,10,12,14-17,19H2,1-5H3,(H,41,48)(H,42,50)/t22-,23?/m0/s1. The lowest BCUT2D eigenvalue weighted by Gasteiger charge is -2.29. The normalized spacial score (nSPS) is 18.3. The van der Waals surface area contributed by atoms with Crippen LogP contribution in [0.25, 0.3) is 27.9 Å². The van der Waals surface area contributed by atoms with Gasteiger partial charge in [-0.2, -0.15) is 13.9 Å². The van der Waals surface area contributed by atoms with E-state index in [-0.39, 0.29) is 49.6 Å². The third-order valence-corrected chi connectivity index (χ3v) is 9.44. The largest absolute Gasteiger partial charge is 0.481 e. The van der Waals surface area contributed by atoms with E-state index in [1.165, 1.54) is 21.1 Å². The zero-order chi connectivity index (χ0) is 38.2. The molecular formula is C36H41ClF2N8O6. The molecule has 53 heavy (non-hydrogen) atoms. The lowest BCUT2D eigenvalue weighted by Crippen LogP contribution is -2.43. The second-order valence-corrected chi connectivity index (χ2v) is 14.6.